The SMILES string of the molecule is COCC(C)OC(C)COCC(C)O. The van der Waals surface area contributed by atoms with E-state index >= 15 is 0 Å². The Morgan fingerprint density at radius 3 is 2.07 bits per heavy atom. The highest BCUT2D eigenvalue weighted by molar-refractivity contribution is 4.54. The van der Waals surface area contributed by atoms with Crippen molar-refractivity contribution in [3.8, 4) is 0 Å². The van der Waals surface area contributed by atoms with Crippen LogP contribution in [0.2, 0.25) is 0 Å². The molecule has 3 atom stereocenters. The maximum Gasteiger partial charge on any atom is 0.0785 e. The van der Waals surface area contributed by atoms with Crippen molar-refractivity contribution in [2.45, 2.75) is 39.1 Å². The molecule has 1 N–H and O–H groups in total. The lowest BCUT2D eigenvalue weighted by Gasteiger charge is -2.18. The van der Waals surface area contributed by atoms with Gasteiger partial charge < -0.3 is 19.3 Å². The first-order valence-corrected chi connectivity index (χ1v) is 4.96. The largest absolute Gasteiger partial charge is 0.391 e. The minimum atomic E-state index is -0.418. The van der Waals surface area contributed by atoms with E-state index < -0.39 is 6.10 Å². The first-order chi connectivity index (χ1) is 6.56. The molecule has 86 valence electrons. The second-order valence-corrected chi connectivity index (χ2v) is 3.60. The maximum absolute atomic E-state index is 8.95. The first-order valence-electron chi connectivity index (χ1n) is 4.96. The standard InChI is InChI=1S/C10H22O4/c1-8(11)5-13-7-10(3)14-9(2)6-12-4/h8-11H,5-7H2,1-4H3. The van der Waals surface area contributed by atoms with Gasteiger partial charge in [0.15, 0.2) is 0 Å². The van der Waals surface area contributed by atoms with Crippen LogP contribution < -0.4 is 0 Å². The summed E-state index contributed by atoms with van der Waals surface area (Å²) in [5.74, 6) is 0. The summed E-state index contributed by atoms with van der Waals surface area (Å²) in [5, 5.41) is 8.95. The Morgan fingerprint density at radius 2 is 1.57 bits per heavy atom. The molecule has 0 heterocycles. The summed E-state index contributed by atoms with van der Waals surface area (Å²) in [5.41, 5.74) is 0. The van der Waals surface area contributed by atoms with Crippen LogP contribution in [-0.4, -0.2) is 50.3 Å². The molecular weight excluding hydrogens is 184 g/mol. The van der Waals surface area contributed by atoms with Gasteiger partial charge in [-0.1, -0.05) is 0 Å². The van der Waals surface area contributed by atoms with E-state index in [4.69, 9.17) is 19.3 Å². The van der Waals surface area contributed by atoms with Crippen molar-refractivity contribution in [3.05, 3.63) is 0 Å². The van der Waals surface area contributed by atoms with Crippen LogP contribution in [-0.2, 0) is 14.2 Å². The Bertz CT molecular complexity index is 127. The lowest BCUT2D eigenvalue weighted by molar-refractivity contribution is -0.0727. The van der Waals surface area contributed by atoms with Crippen molar-refractivity contribution >= 4 is 0 Å². The van der Waals surface area contributed by atoms with Gasteiger partial charge in [-0.25, -0.2) is 0 Å². The zero-order chi connectivity index (χ0) is 11.0. The number of methoxy groups -OCH3 is 1. The van der Waals surface area contributed by atoms with Crippen LogP contribution >= 0.6 is 0 Å². The molecule has 3 unspecified atom stereocenters. The molecule has 0 radical (unpaired) electrons. The van der Waals surface area contributed by atoms with E-state index in [0.29, 0.717) is 19.8 Å². The lowest BCUT2D eigenvalue weighted by Crippen LogP contribution is -2.26. The van der Waals surface area contributed by atoms with Gasteiger partial charge in [0.05, 0.1) is 38.1 Å². The predicted octanol–water partition coefficient (Wildman–Crippen LogP) is 0.824. The van der Waals surface area contributed by atoms with Gasteiger partial charge in [0.2, 0.25) is 0 Å². The number of aliphatic hydroxyl groups excluding tert-OH is 1. The van der Waals surface area contributed by atoms with E-state index in [1.54, 1.807) is 14.0 Å². The van der Waals surface area contributed by atoms with Gasteiger partial charge in [0.1, 0.15) is 0 Å². The fraction of sp³-hybridized carbons (Fsp3) is 1.00. The van der Waals surface area contributed by atoms with Gasteiger partial charge in [-0.2, -0.15) is 0 Å². The van der Waals surface area contributed by atoms with Crippen molar-refractivity contribution in [1.82, 2.24) is 0 Å². The Morgan fingerprint density at radius 1 is 1.00 bits per heavy atom. The van der Waals surface area contributed by atoms with Crippen LogP contribution in [0.15, 0.2) is 0 Å². The highest BCUT2D eigenvalue weighted by atomic mass is 16.6. The molecule has 0 fully saturated rings. The lowest BCUT2D eigenvalue weighted by atomic mass is 10.4. The summed E-state index contributed by atoms with van der Waals surface area (Å²) in [6.45, 7) is 7.02. The summed E-state index contributed by atoms with van der Waals surface area (Å²) in [4.78, 5) is 0. The molecule has 14 heavy (non-hydrogen) atoms. The zero-order valence-electron chi connectivity index (χ0n) is 9.53. The normalized spacial score (nSPS) is 17.8. The Hall–Kier alpha value is -0.160. The molecule has 0 aliphatic carbocycles. The van der Waals surface area contributed by atoms with Crippen molar-refractivity contribution in [1.29, 1.82) is 0 Å². The zero-order valence-corrected chi connectivity index (χ0v) is 9.53. The highest BCUT2D eigenvalue weighted by Crippen LogP contribution is 1.99. The summed E-state index contributed by atoms with van der Waals surface area (Å²) < 4.78 is 15.7. The topological polar surface area (TPSA) is 47.9 Å². The molecule has 0 rings (SSSR count). The third kappa shape index (κ3) is 8.44. The van der Waals surface area contributed by atoms with Gasteiger partial charge in [-0.15, -0.1) is 0 Å². The van der Waals surface area contributed by atoms with Crippen LogP contribution in [0.4, 0.5) is 0 Å². The molecule has 0 saturated heterocycles. The van der Waals surface area contributed by atoms with E-state index in [9.17, 15) is 0 Å². The van der Waals surface area contributed by atoms with E-state index in [2.05, 4.69) is 0 Å². The number of ether oxygens (including phenoxy) is 3. The van der Waals surface area contributed by atoms with Crippen LogP contribution in [0, 0.1) is 0 Å². The Kier molecular flexibility index (Phi) is 8.08. The van der Waals surface area contributed by atoms with Gasteiger partial charge >= 0.3 is 0 Å². The molecule has 0 aromatic carbocycles. The van der Waals surface area contributed by atoms with Crippen LogP contribution in [0.5, 0.6) is 0 Å². The fourth-order valence-corrected chi connectivity index (χ4v) is 1.11. The summed E-state index contributed by atoms with van der Waals surface area (Å²) in [7, 11) is 1.65. The molecule has 0 amide bonds. The minimum Gasteiger partial charge on any atom is -0.391 e. The van der Waals surface area contributed by atoms with Crippen molar-refractivity contribution < 1.29 is 19.3 Å². The van der Waals surface area contributed by atoms with Crippen LogP contribution in [0.3, 0.4) is 0 Å². The molecular formula is C10H22O4. The molecule has 4 nitrogen and oxygen atoms in total. The molecule has 0 spiro atoms. The number of rotatable bonds is 8. The Labute approximate surface area is 86.2 Å². The van der Waals surface area contributed by atoms with Gasteiger partial charge in [-0.3, -0.25) is 0 Å². The minimum absolute atomic E-state index is 0.0268. The van der Waals surface area contributed by atoms with E-state index in [-0.39, 0.29) is 12.2 Å². The van der Waals surface area contributed by atoms with E-state index in [1.807, 2.05) is 13.8 Å². The maximum atomic E-state index is 8.95. The molecule has 0 aliphatic heterocycles. The quantitative estimate of drug-likeness (QED) is 0.639. The second-order valence-electron chi connectivity index (χ2n) is 3.60. The van der Waals surface area contributed by atoms with E-state index in [1.165, 1.54) is 0 Å². The van der Waals surface area contributed by atoms with Gasteiger partial charge in [0, 0.05) is 7.11 Å². The summed E-state index contributed by atoms with van der Waals surface area (Å²) >= 11 is 0. The van der Waals surface area contributed by atoms with E-state index in [0.717, 1.165) is 0 Å². The monoisotopic (exact) mass is 206 g/mol. The van der Waals surface area contributed by atoms with Crippen molar-refractivity contribution in [2.75, 3.05) is 26.9 Å². The summed E-state index contributed by atoms with van der Waals surface area (Å²) in [6, 6.07) is 0. The predicted molar refractivity (Wildman–Crippen MR) is 54.4 cm³/mol. The first kappa shape index (κ1) is 13.8. The summed E-state index contributed by atoms with van der Waals surface area (Å²) in [6.07, 6.45) is -0.317. The average molecular weight is 206 g/mol. The van der Waals surface area contributed by atoms with Crippen LogP contribution in [0.25, 0.3) is 0 Å². The fourth-order valence-electron chi connectivity index (χ4n) is 1.11. The molecule has 4 heteroatoms. The molecule has 0 aromatic heterocycles. The molecule has 0 saturated carbocycles. The Balaban J connectivity index is 3.39. The molecule has 0 aliphatic rings. The number of aliphatic hydroxyl groups is 1. The molecule has 0 bridgehead atoms. The van der Waals surface area contributed by atoms with Gasteiger partial charge in [-0.05, 0) is 20.8 Å². The number of hydrogen-bond donors (Lipinski definition) is 1. The molecule has 0 aromatic rings. The van der Waals surface area contributed by atoms with Crippen LogP contribution in [0.1, 0.15) is 20.8 Å². The highest BCUT2D eigenvalue weighted by Gasteiger charge is 2.08. The van der Waals surface area contributed by atoms with Gasteiger partial charge in [0.25, 0.3) is 0 Å². The van der Waals surface area contributed by atoms with Crippen molar-refractivity contribution in [3.63, 3.8) is 0 Å². The second kappa shape index (κ2) is 8.17. The smallest absolute Gasteiger partial charge is 0.0785 e. The number of hydrogen-bond acceptors (Lipinski definition) is 4. The average Bonchev–Trinajstić information content (AvgIpc) is 2.03. The third-order valence-electron chi connectivity index (χ3n) is 1.58. The van der Waals surface area contributed by atoms with Crippen molar-refractivity contribution in [2.24, 2.45) is 0 Å². The third-order valence-corrected chi connectivity index (χ3v) is 1.58.